The first-order chi connectivity index (χ1) is 18.9. The number of nitrogens with one attached hydrogen (secondary N) is 1. The number of nitrogens with zero attached hydrogens (tertiary/aromatic N) is 2. The Morgan fingerprint density at radius 3 is 1.31 bits per heavy atom. The van der Waals surface area contributed by atoms with Crippen molar-refractivity contribution < 1.29 is 24.0 Å². The van der Waals surface area contributed by atoms with Crippen LogP contribution in [0.1, 0.15) is 23.2 Å². The van der Waals surface area contributed by atoms with Crippen LogP contribution < -0.4 is 15.1 Å². The van der Waals surface area contributed by atoms with E-state index in [1.165, 1.54) is 9.80 Å². The zero-order valence-corrected chi connectivity index (χ0v) is 20.9. The lowest BCUT2D eigenvalue weighted by molar-refractivity contribution is -0.124. The first-order valence-electron chi connectivity index (χ1n) is 13.5. The van der Waals surface area contributed by atoms with Gasteiger partial charge in [-0.1, -0.05) is 24.3 Å². The third kappa shape index (κ3) is 3.02. The third-order valence-electron chi connectivity index (χ3n) is 9.71. The number of hydrogen-bond donors (Lipinski definition) is 1. The summed E-state index contributed by atoms with van der Waals surface area (Å²) in [5.41, 5.74) is 1.89. The van der Waals surface area contributed by atoms with Crippen LogP contribution in [0.4, 0.5) is 17.1 Å². The standard InChI is InChI=1S/C31H25N3O5/c35-27(15-5-9-21(10-6-15)33-28(36)23-16-1-2-17(13-16)24(23)29(33)37)32-20-7-11-22(12-8-20)34-30(38)25-18-3-4-19(14-18)26(25)31(34)39/h1-12,16-19,23-26H,13-14H2,(H,32,35)/t16-,17-,18-,19-,23+,24+,25-,26+/m0/s1. The van der Waals surface area contributed by atoms with Gasteiger partial charge in [-0.2, -0.15) is 0 Å². The predicted molar refractivity (Wildman–Crippen MR) is 141 cm³/mol. The van der Waals surface area contributed by atoms with Gasteiger partial charge in [0, 0.05) is 11.3 Å². The van der Waals surface area contributed by atoms with Gasteiger partial charge in [0.25, 0.3) is 5.91 Å². The second-order valence-corrected chi connectivity index (χ2v) is 11.6. The van der Waals surface area contributed by atoms with Gasteiger partial charge in [-0.3, -0.25) is 33.8 Å². The molecular weight excluding hydrogens is 494 g/mol. The Hall–Kier alpha value is -4.33. The topological polar surface area (TPSA) is 104 Å². The molecule has 2 saturated heterocycles. The van der Waals surface area contributed by atoms with Gasteiger partial charge < -0.3 is 5.32 Å². The van der Waals surface area contributed by atoms with Crippen molar-refractivity contribution in [1.82, 2.24) is 0 Å². The number of carbonyl (C=O) groups excluding carboxylic acids is 5. The Balaban J connectivity index is 0.952. The average Bonchev–Trinajstić information content (AvgIpc) is 3.78. The predicted octanol–water partition coefficient (Wildman–Crippen LogP) is 3.56. The molecule has 39 heavy (non-hydrogen) atoms. The smallest absolute Gasteiger partial charge is 0.255 e. The van der Waals surface area contributed by atoms with Crippen LogP contribution in [0.25, 0.3) is 0 Å². The molecular formula is C31H25N3O5. The second kappa shape index (κ2) is 7.85. The molecule has 4 aliphatic carbocycles. The number of imide groups is 2. The molecule has 4 bridgehead atoms. The summed E-state index contributed by atoms with van der Waals surface area (Å²) in [5, 5.41) is 2.83. The Kier molecular flexibility index (Phi) is 4.55. The molecule has 8 atom stereocenters. The highest BCUT2D eigenvalue weighted by Crippen LogP contribution is 2.54. The second-order valence-electron chi connectivity index (χ2n) is 11.6. The van der Waals surface area contributed by atoms with Crippen LogP contribution in [0, 0.1) is 47.3 Å². The fraction of sp³-hybridized carbons (Fsp3) is 0.323. The number of allylic oxidation sites excluding steroid dienone is 4. The van der Waals surface area contributed by atoms with Crippen molar-refractivity contribution in [1.29, 1.82) is 0 Å². The van der Waals surface area contributed by atoms with Gasteiger partial charge in [0.15, 0.2) is 0 Å². The molecule has 2 aliphatic heterocycles. The van der Waals surface area contributed by atoms with Crippen molar-refractivity contribution >= 4 is 46.6 Å². The lowest BCUT2D eigenvalue weighted by Gasteiger charge is -2.18. The lowest BCUT2D eigenvalue weighted by Crippen LogP contribution is -2.32. The monoisotopic (exact) mass is 519 g/mol. The number of amides is 5. The molecule has 5 amide bonds. The molecule has 0 aromatic heterocycles. The highest BCUT2D eigenvalue weighted by atomic mass is 16.2. The van der Waals surface area contributed by atoms with Gasteiger partial charge in [-0.05, 0) is 85.0 Å². The molecule has 2 aromatic carbocycles. The SMILES string of the molecule is O=C(Nc1ccc(N2C(=O)[C@@H]3[C@H](C2=O)[C@H]2C=C[C@H]3C2)cc1)c1ccc(N2C(=O)[C@H]3[C@H](C2=O)[C@H]2C=C[C@H]3C2)cc1. The number of benzene rings is 2. The van der Waals surface area contributed by atoms with Gasteiger partial charge in [0.1, 0.15) is 0 Å². The van der Waals surface area contributed by atoms with E-state index >= 15 is 0 Å². The summed E-state index contributed by atoms with van der Waals surface area (Å²) in [5.74, 6) is -1.38. The van der Waals surface area contributed by atoms with Crippen molar-refractivity contribution in [2.24, 2.45) is 47.3 Å². The molecule has 8 heteroatoms. The average molecular weight is 520 g/mol. The van der Waals surface area contributed by atoms with Crippen molar-refractivity contribution in [3.8, 4) is 0 Å². The summed E-state index contributed by atoms with van der Waals surface area (Å²) in [6.07, 6.45) is 10.0. The van der Waals surface area contributed by atoms with E-state index in [1.54, 1.807) is 48.5 Å². The summed E-state index contributed by atoms with van der Waals surface area (Å²) in [7, 11) is 0. The minimum absolute atomic E-state index is 0.138. The normalized spacial score (nSPS) is 35.0. The van der Waals surface area contributed by atoms with E-state index in [4.69, 9.17) is 0 Å². The van der Waals surface area contributed by atoms with Crippen molar-refractivity contribution in [3.63, 3.8) is 0 Å². The minimum atomic E-state index is -0.349. The summed E-state index contributed by atoms with van der Waals surface area (Å²) in [4.78, 5) is 67.6. The van der Waals surface area contributed by atoms with Crippen LogP contribution in [-0.4, -0.2) is 29.5 Å². The molecule has 6 aliphatic rings. The van der Waals surface area contributed by atoms with E-state index in [0.717, 1.165) is 12.8 Å². The Labute approximate surface area is 224 Å². The first-order valence-corrected chi connectivity index (χ1v) is 13.5. The third-order valence-corrected chi connectivity index (χ3v) is 9.71. The molecule has 0 unspecified atom stereocenters. The molecule has 8 nitrogen and oxygen atoms in total. The zero-order valence-electron chi connectivity index (χ0n) is 20.9. The van der Waals surface area contributed by atoms with E-state index in [2.05, 4.69) is 29.6 Å². The summed E-state index contributed by atoms with van der Waals surface area (Å²) < 4.78 is 0. The molecule has 2 heterocycles. The van der Waals surface area contributed by atoms with E-state index in [1.807, 2.05) is 0 Å². The Morgan fingerprint density at radius 2 is 0.923 bits per heavy atom. The molecule has 0 radical (unpaired) electrons. The van der Waals surface area contributed by atoms with Gasteiger partial charge in [0.05, 0.1) is 35.0 Å². The number of carbonyl (C=O) groups is 5. The van der Waals surface area contributed by atoms with E-state index in [9.17, 15) is 24.0 Å². The summed E-state index contributed by atoms with van der Waals surface area (Å²) in [6.45, 7) is 0. The molecule has 194 valence electrons. The van der Waals surface area contributed by atoms with Crippen LogP contribution in [0.2, 0.25) is 0 Å². The maximum absolute atomic E-state index is 13.0. The van der Waals surface area contributed by atoms with Gasteiger partial charge in [0.2, 0.25) is 23.6 Å². The van der Waals surface area contributed by atoms with Crippen molar-refractivity contribution in [2.45, 2.75) is 12.8 Å². The summed E-state index contributed by atoms with van der Waals surface area (Å²) in [6, 6.07) is 13.2. The first kappa shape index (κ1) is 22.6. The molecule has 8 rings (SSSR count). The van der Waals surface area contributed by atoms with Crippen LogP contribution in [0.15, 0.2) is 72.8 Å². The largest absolute Gasteiger partial charge is 0.322 e. The van der Waals surface area contributed by atoms with Crippen molar-refractivity contribution in [3.05, 3.63) is 78.4 Å². The number of hydrogen-bond acceptors (Lipinski definition) is 5. The minimum Gasteiger partial charge on any atom is -0.322 e. The number of fused-ring (bicyclic) bond motifs is 10. The Morgan fingerprint density at radius 1 is 0.564 bits per heavy atom. The van der Waals surface area contributed by atoms with E-state index in [-0.39, 0.29) is 76.9 Å². The molecule has 4 fully saturated rings. The highest BCUT2D eigenvalue weighted by Gasteiger charge is 2.60. The Bertz CT molecular complexity index is 1480. The highest BCUT2D eigenvalue weighted by molar-refractivity contribution is 6.23. The quantitative estimate of drug-likeness (QED) is 0.492. The van der Waals surface area contributed by atoms with Gasteiger partial charge >= 0.3 is 0 Å². The maximum atomic E-state index is 13.0. The number of anilines is 3. The maximum Gasteiger partial charge on any atom is 0.255 e. The lowest BCUT2D eigenvalue weighted by atomic mass is 9.85. The van der Waals surface area contributed by atoms with Crippen LogP contribution >= 0.6 is 0 Å². The van der Waals surface area contributed by atoms with E-state index in [0.29, 0.717) is 22.6 Å². The molecule has 2 aromatic rings. The van der Waals surface area contributed by atoms with E-state index < -0.39 is 0 Å². The molecule has 1 N–H and O–H groups in total. The fourth-order valence-corrected chi connectivity index (χ4v) is 7.97. The number of rotatable bonds is 4. The van der Waals surface area contributed by atoms with Gasteiger partial charge in [-0.25, -0.2) is 0 Å². The molecule has 0 spiro atoms. The van der Waals surface area contributed by atoms with Crippen LogP contribution in [0.5, 0.6) is 0 Å². The van der Waals surface area contributed by atoms with Crippen molar-refractivity contribution in [2.75, 3.05) is 15.1 Å². The zero-order chi connectivity index (χ0) is 26.6. The molecule has 2 saturated carbocycles. The van der Waals surface area contributed by atoms with Crippen LogP contribution in [-0.2, 0) is 19.2 Å². The van der Waals surface area contributed by atoms with Crippen LogP contribution in [0.3, 0.4) is 0 Å². The van der Waals surface area contributed by atoms with Gasteiger partial charge in [-0.15, -0.1) is 0 Å². The summed E-state index contributed by atoms with van der Waals surface area (Å²) >= 11 is 0. The fourth-order valence-electron chi connectivity index (χ4n) is 7.97.